The summed E-state index contributed by atoms with van der Waals surface area (Å²) in [5.74, 6) is -3.15. The molecule has 0 fully saturated rings. The largest absolute Gasteiger partial charge is 0.481 e. The van der Waals surface area contributed by atoms with Gasteiger partial charge in [-0.2, -0.15) is 13.2 Å². The minimum absolute atomic E-state index is 0.917. The summed E-state index contributed by atoms with van der Waals surface area (Å²) in [5, 5.41) is 8.14. The van der Waals surface area contributed by atoms with Crippen molar-refractivity contribution in [2.24, 2.45) is 11.7 Å². The lowest BCUT2D eigenvalue weighted by atomic mass is 10.0. The fourth-order valence-corrected chi connectivity index (χ4v) is 0.437. The number of carboxylic acids is 1. The van der Waals surface area contributed by atoms with E-state index in [1.807, 2.05) is 0 Å². The lowest BCUT2D eigenvalue weighted by Gasteiger charge is -2.18. The molecule has 0 aromatic carbocycles. The Morgan fingerprint density at radius 2 is 1.91 bits per heavy atom. The van der Waals surface area contributed by atoms with Crippen LogP contribution in [0, 0.1) is 5.92 Å². The Kier molecular flexibility index (Phi) is 2.86. The second-order valence-corrected chi connectivity index (χ2v) is 2.19. The highest BCUT2D eigenvalue weighted by Crippen LogP contribution is 2.23. The molecule has 0 amide bonds. The van der Waals surface area contributed by atoms with Crippen LogP contribution in [0.25, 0.3) is 0 Å². The summed E-state index contributed by atoms with van der Waals surface area (Å²) in [5.41, 5.74) is 4.59. The number of halogens is 3. The fraction of sp³-hybridized carbons (Fsp3) is 0.800. The highest BCUT2D eigenvalue weighted by atomic mass is 19.4. The van der Waals surface area contributed by atoms with Crippen molar-refractivity contribution in [1.82, 2.24) is 0 Å². The Morgan fingerprint density at radius 1 is 1.55 bits per heavy atom. The number of alkyl halides is 3. The summed E-state index contributed by atoms with van der Waals surface area (Å²) in [6.07, 6.45) is -4.64. The van der Waals surface area contributed by atoms with Crippen molar-refractivity contribution in [2.75, 3.05) is 0 Å². The summed E-state index contributed by atoms with van der Waals surface area (Å²) in [6.45, 7) is 0.917. The number of carboxylic acid groups (broad SMARTS) is 1. The molecule has 0 bridgehead atoms. The molecule has 3 N–H and O–H groups in total. The monoisotopic (exact) mass is 171 g/mol. The van der Waals surface area contributed by atoms with Gasteiger partial charge in [0, 0.05) is 0 Å². The number of hydrogen-bond donors (Lipinski definition) is 2. The van der Waals surface area contributed by atoms with Crippen LogP contribution < -0.4 is 5.73 Å². The van der Waals surface area contributed by atoms with Crippen molar-refractivity contribution >= 4 is 5.97 Å². The van der Waals surface area contributed by atoms with Crippen LogP contribution in [0.4, 0.5) is 13.2 Å². The molecule has 2 atom stereocenters. The minimum Gasteiger partial charge on any atom is -0.481 e. The van der Waals surface area contributed by atoms with Crippen LogP contribution in [-0.2, 0) is 4.79 Å². The van der Waals surface area contributed by atoms with Crippen molar-refractivity contribution in [2.45, 2.75) is 19.1 Å². The summed E-state index contributed by atoms with van der Waals surface area (Å²) in [4.78, 5) is 10.0. The molecule has 0 unspecified atom stereocenters. The molecule has 0 rings (SSSR count). The maximum Gasteiger partial charge on any atom is 0.404 e. The summed E-state index contributed by atoms with van der Waals surface area (Å²) in [6, 6.07) is -2.29. The van der Waals surface area contributed by atoms with Gasteiger partial charge in [-0.1, -0.05) is 6.92 Å². The molecule has 3 nitrogen and oxygen atoms in total. The predicted octanol–water partition coefficient (Wildman–Crippen LogP) is 0.597. The molecular formula is C5H8F3NO2. The first-order chi connectivity index (χ1) is 4.76. The highest BCUT2D eigenvalue weighted by molar-refractivity contribution is 5.70. The van der Waals surface area contributed by atoms with Crippen LogP contribution in [0.1, 0.15) is 6.92 Å². The Bertz CT molecular complexity index is 156. The first-order valence-corrected chi connectivity index (χ1v) is 2.82. The van der Waals surface area contributed by atoms with Gasteiger partial charge in [0.25, 0.3) is 0 Å². The Hall–Kier alpha value is -0.780. The Balaban J connectivity index is 4.25. The van der Waals surface area contributed by atoms with Crippen LogP contribution in [0.3, 0.4) is 0 Å². The molecule has 0 saturated carbocycles. The van der Waals surface area contributed by atoms with Gasteiger partial charge in [0.2, 0.25) is 0 Å². The number of nitrogens with two attached hydrogens (primary N) is 1. The van der Waals surface area contributed by atoms with Crippen LogP contribution in [0.2, 0.25) is 0 Å². The van der Waals surface area contributed by atoms with Crippen molar-refractivity contribution in [3.8, 4) is 0 Å². The molecule has 0 aliphatic rings. The molecule has 0 aliphatic heterocycles. The third-order valence-corrected chi connectivity index (χ3v) is 1.31. The van der Waals surface area contributed by atoms with Crippen LogP contribution >= 0.6 is 0 Å². The maximum absolute atomic E-state index is 11.7. The van der Waals surface area contributed by atoms with Crippen molar-refractivity contribution in [3.05, 3.63) is 0 Å². The van der Waals surface area contributed by atoms with E-state index in [-0.39, 0.29) is 0 Å². The number of hydrogen-bond acceptors (Lipinski definition) is 2. The van der Waals surface area contributed by atoms with Gasteiger partial charge in [0.15, 0.2) is 0 Å². The normalized spacial score (nSPS) is 17.5. The minimum atomic E-state index is -4.64. The van der Waals surface area contributed by atoms with Gasteiger partial charge in [0.05, 0.1) is 5.92 Å². The molecule has 0 spiro atoms. The lowest BCUT2D eigenvalue weighted by Crippen LogP contribution is -2.45. The molecular weight excluding hydrogens is 163 g/mol. The van der Waals surface area contributed by atoms with E-state index in [2.05, 4.69) is 5.73 Å². The van der Waals surface area contributed by atoms with E-state index in [4.69, 9.17) is 5.11 Å². The van der Waals surface area contributed by atoms with Crippen molar-refractivity contribution < 1.29 is 23.1 Å². The smallest absolute Gasteiger partial charge is 0.404 e. The summed E-state index contributed by atoms with van der Waals surface area (Å²) >= 11 is 0. The van der Waals surface area contributed by atoms with Gasteiger partial charge >= 0.3 is 12.1 Å². The fourth-order valence-electron chi connectivity index (χ4n) is 0.437. The van der Waals surface area contributed by atoms with E-state index in [9.17, 15) is 18.0 Å². The molecule has 0 aromatic heterocycles. The third-order valence-electron chi connectivity index (χ3n) is 1.31. The summed E-state index contributed by atoms with van der Waals surface area (Å²) in [7, 11) is 0. The van der Waals surface area contributed by atoms with Gasteiger partial charge in [0.1, 0.15) is 6.04 Å². The van der Waals surface area contributed by atoms with Gasteiger partial charge in [-0.05, 0) is 0 Å². The van der Waals surface area contributed by atoms with Crippen molar-refractivity contribution in [1.29, 1.82) is 0 Å². The van der Waals surface area contributed by atoms with Gasteiger partial charge in [-0.3, -0.25) is 4.79 Å². The Labute approximate surface area is 61.0 Å². The third kappa shape index (κ3) is 2.75. The molecule has 0 aliphatic carbocycles. The van der Waals surface area contributed by atoms with Crippen LogP contribution in [0.15, 0.2) is 0 Å². The first kappa shape index (κ1) is 10.2. The maximum atomic E-state index is 11.7. The zero-order valence-corrected chi connectivity index (χ0v) is 5.72. The topological polar surface area (TPSA) is 63.3 Å². The lowest BCUT2D eigenvalue weighted by molar-refractivity contribution is -0.171. The molecule has 0 heterocycles. The molecule has 0 radical (unpaired) electrons. The number of carbonyl (C=O) groups is 1. The molecule has 6 heteroatoms. The SMILES string of the molecule is C[C@H](C(=O)O)[C@H](N)C(F)(F)F. The number of rotatable bonds is 2. The van der Waals surface area contributed by atoms with E-state index in [0.29, 0.717) is 0 Å². The second kappa shape index (κ2) is 3.08. The van der Waals surface area contributed by atoms with E-state index < -0.39 is 24.1 Å². The summed E-state index contributed by atoms with van der Waals surface area (Å²) < 4.78 is 35.0. The quantitative estimate of drug-likeness (QED) is 0.639. The second-order valence-electron chi connectivity index (χ2n) is 2.19. The zero-order valence-electron chi connectivity index (χ0n) is 5.72. The van der Waals surface area contributed by atoms with Crippen LogP contribution in [-0.4, -0.2) is 23.3 Å². The predicted molar refractivity (Wildman–Crippen MR) is 30.8 cm³/mol. The van der Waals surface area contributed by atoms with E-state index in [1.165, 1.54) is 0 Å². The Morgan fingerprint density at radius 3 is 2.00 bits per heavy atom. The van der Waals surface area contributed by atoms with Crippen LogP contribution in [0.5, 0.6) is 0 Å². The van der Waals surface area contributed by atoms with E-state index in [0.717, 1.165) is 6.92 Å². The molecule has 66 valence electrons. The first-order valence-electron chi connectivity index (χ1n) is 2.82. The molecule has 0 saturated heterocycles. The highest BCUT2D eigenvalue weighted by Gasteiger charge is 2.42. The van der Waals surface area contributed by atoms with Crippen molar-refractivity contribution in [3.63, 3.8) is 0 Å². The molecule has 0 aromatic rings. The number of aliphatic carboxylic acids is 1. The standard InChI is InChI=1S/C5H8F3NO2/c1-2(4(10)11)3(9)5(6,7)8/h2-3H,9H2,1H3,(H,10,11)/t2-,3-/m0/s1. The van der Waals surface area contributed by atoms with Gasteiger partial charge < -0.3 is 10.8 Å². The molecule has 11 heavy (non-hydrogen) atoms. The van der Waals surface area contributed by atoms with Gasteiger partial charge in [-0.15, -0.1) is 0 Å². The zero-order chi connectivity index (χ0) is 9.23. The average Bonchev–Trinajstić information content (AvgIpc) is 1.82. The van der Waals surface area contributed by atoms with E-state index >= 15 is 0 Å². The average molecular weight is 171 g/mol. The van der Waals surface area contributed by atoms with E-state index in [1.54, 1.807) is 0 Å². The van der Waals surface area contributed by atoms with Gasteiger partial charge in [-0.25, -0.2) is 0 Å².